The first kappa shape index (κ1) is 33.6. The van der Waals surface area contributed by atoms with E-state index in [2.05, 4.69) is 20.7 Å². The second-order valence-electron chi connectivity index (χ2n) is 13.3. The molecular weight excluding hydrogens is 564 g/mol. The third-order valence-electron chi connectivity index (χ3n) is 8.34. The van der Waals surface area contributed by atoms with E-state index in [1.165, 1.54) is 4.90 Å². The molecule has 1 saturated heterocycles. The molecule has 14 heteroatoms. The Morgan fingerprint density at radius 1 is 0.976 bits per heavy atom. The summed E-state index contributed by atoms with van der Waals surface area (Å²) in [5, 5.41) is 7.41. The first-order valence-electron chi connectivity index (χ1n) is 14.3. The maximum Gasteiger partial charge on any atom is 0.407 e. The largest absolute Gasteiger partial charge is 0.453 e. The number of amides is 4. The Balaban J connectivity index is 1.90. The normalized spacial score (nSPS) is 23.1. The van der Waals surface area contributed by atoms with E-state index in [0.717, 1.165) is 7.11 Å². The molecule has 3 fully saturated rings. The summed E-state index contributed by atoms with van der Waals surface area (Å²) in [4.78, 5) is 66.4. The van der Waals surface area contributed by atoms with Crippen LogP contribution in [0.2, 0.25) is 0 Å². The number of nitrogens with zero attached hydrogens (tertiary/aromatic N) is 1. The number of ether oxygens (including phenoxy) is 1. The van der Waals surface area contributed by atoms with Gasteiger partial charge >= 0.3 is 6.09 Å². The van der Waals surface area contributed by atoms with Crippen molar-refractivity contribution < 1.29 is 46.3 Å². The van der Waals surface area contributed by atoms with E-state index in [1.54, 1.807) is 20.8 Å². The smallest absolute Gasteiger partial charge is 0.407 e. The van der Waals surface area contributed by atoms with Crippen molar-refractivity contribution in [1.82, 2.24) is 20.9 Å². The molecule has 1 spiro atoms. The molecule has 4 amide bonds. The number of hydrogen-bond acceptors (Lipinski definition) is 6. The van der Waals surface area contributed by atoms with Crippen LogP contribution in [0.1, 0.15) is 85.5 Å². The van der Waals surface area contributed by atoms with Gasteiger partial charge in [-0.1, -0.05) is 20.8 Å². The van der Waals surface area contributed by atoms with Gasteiger partial charge in [0, 0.05) is 31.8 Å². The fourth-order valence-corrected chi connectivity index (χ4v) is 5.60. The fraction of sp³-hybridized carbons (Fsp3) is 0.821. The highest BCUT2D eigenvalue weighted by atomic mass is 19.3. The second-order valence-corrected chi connectivity index (χ2v) is 13.3. The summed E-state index contributed by atoms with van der Waals surface area (Å²) in [6.07, 6.45) is -1.64. The summed E-state index contributed by atoms with van der Waals surface area (Å²) >= 11 is 0. The number of Topliss-reactive ketones (excluding diaryl/α,β-unsaturated/α-hetero) is 1. The number of alkyl halides is 4. The van der Waals surface area contributed by atoms with Crippen molar-refractivity contribution in [3.05, 3.63) is 0 Å². The van der Waals surface area contributed by atoms with Crippen LogP contribution < -0.4 is 16.0 Å². The molecule has 3 rings (SSSR count). The summed E-state index contributed by atoms with van der Waals surface area (Å²) in [6, 6.07) is -4.19. The van der Waals surface area contributed by atoms with E-state index < -0.39 is 96.1 Å². The number of alkyl carbamates (subject to hydrolysis) is 1. The lowest BCUT2D eigenvalue weighted by Crippen LogP contribution is -2.59. The molecule has 1 aliphatic heterocycles. The summed E-state index contributed by atoms with van der Waals surface area (Å²) in [7, 11) is 1.12. The Kier molecular flexibility index (Phi) is 9.88. The number of methoxy groups -OCH3 is 1. The number of halogens is 4. The maximum atomic E-state index is 14.1. The minimum absolute atomic E-state index is 0.00510. The summed E-state index contributed by atoms with van der Waals surface area (Å²) < 4.78 is 60.3. The van der Waals surface area contributed by atoms with Gasteiger partial charge in [0.15, 0.2) is 0 Å². The summed E-state index contributed by atoms with van der Waals surface area (Å²) in [6.45, 7) is 5.66. The molecule has 2 aliphatic carbocycles. The molecule has 10 nitrogen and oxygen atoms in total. The Labute approximate surface area is 243 Å². The molecule has 42 heavy (non-hydrogen) atoms. The van der Waals surface area contributed by atoms with E-state index >= 15 is 0 Å². The van der Waals surface area contributed by atoms with Crippen LogP contribution in [0, 0.1) is 10.8 Å². The van der Waals surface area contributed by atoms with E-state index in [1.807, 2.05) is 0 Å². The molecule has 0 aromatic rings. The minimum atomic E-state index is -3.18. The lowest BCUT2D eigenvalue weighted by Gasteiger charge is -2.38. The molecule has 3 aliphatic rings. The van der Waals surface area contributed by atoms with Gasteiger partial charge in [0.1, 0.15) is 12.1 Å². The van der Waals surface area contributed by atoms with E-state index in [9.17, 15) is 41.5 Å². The molecule has 0 bridgehead atoms. The zero-order valence-electron chi connectivity index (χ0n) is 24.8. The molecular formula is C28H42F4N4O6. The van der Waals surface area contributed by atoms with Crippen LogP contribution in [-0.2, 0) is 23.9 Å². The standard InChI is InChI=1S/C28H42F4N4O6/c1-25(2,3)20(35-24(41)42-5)23(40)36-15-27(10-12-28(31,32)13-11-27)14-18(36)21(38)34-17(8-9-26(4,29)30)19(37)22(39)33-16-6-7-16/h16-18,20H,6-15H2,1-5H3,(H,33,39)(H,34,38)(H,35,41)/t17-,18?,20+/m0/s1. The van der Waals surface area contributed by atoms with Crippen LogP contribution in [-0.4, -0.2) is 84.2 Å². The van der Waals surface area contributed by atoms with Crippen molar-refractivity contribution in [1.29, 1.82) is 0 Å². The number of likely N-dealkylation sites (tertiary alicyclic amines) is 1. The zero-order chi connectivity index (χ0) is 31.7. The highest BCUT2D eigenvalue weighted by Gasteiger charge is 2.54. The second kappa shape index (κ2) is 12.4. The van der Waals surface area contributed by atoms with Crippen LogP contribution in [0.15, 0.2) is 0 Å². The number of hydrogen-bond donors (Lipinski definition) is 3. The van der Waals surface area contributed by atoms with Crippen molar-refractivity contribution in [3.8, 4) is 0 Å². The Bertz CT molecular complexity index is 1060. The quantitative estimate of drug-likeness (QED) is 0.258. The van der Waals surface area contributed by atoms with Crippen molar-refractivity contribution in [2.24, 2.45) is 10.8 Å². The van der Waals surface area contributed by atoms with Gasteiger partial charge in [0.2, 0.25) is 29.4 Å². The zero-order valence-corrected chi connectivity index (χ0v) is 24.8. The van der Waals surface area contributed by atoms with E-state index in [-0.39, 0.29) is 31.8 Å². The first-order chi connectivity index (χ1) is 19.3. The van der Waals surface area contributed by atoms with Gasteiger partial charge in [-0.2, -0.15) is 0 Å². The van der Waals surface area contributed by atoms with Gasteiger partial charge < -0.3 is 25.6 Å². The lowest BCUT2D eigenvalue weighted by molar-refractivity contribution is -0.144. The van der Waals surface area contributed by atoms with E-state index in [4.69, 9.17) is 0 Å². The topological polar surface area (TPSA) is 134 Å². The van der Waals surface area contributed by atoms with Crippen LogP contribution in [0.4, 0.5) is 22.4 Å². The molecule has 3 atom stereocenters. The molecule has 238 valence electrons. The molecule has 2 saturated carbocycles. The Hall–Kier alpha value is -2.93. The monoisotopic (exact) mass is 606 g/mol. The molecule has 3 N–H and O–H groups in total. The third kappa shape index (κ3) is 8.79. The predicted molar refractivity (Wildman–Crippen MR) is 143 cm³/mol. The first-order valence-corrected chi connectivity index (χ1v) is 14.3. The van der Waals surface area contributed by atoms with Gasteiger partial charge in [0.25, 0.3) is 5.91 Å². The van der Waals surface area contributed by atoms with Gasteiger partial charge in [0.05, 0.1) is 13.2 Å². The summed E-state index contributed by atoms with van der Waals surface area (Å²) in [5.74, 6) is -9.65. The minimum Gasteiger partial charge on any atom is -0.453 e. The lowest BCUT2D eigenvalue weighted by atomic mass is 9.71. The third-order valence-corrected chi connectivity index (χ3v) is 8.34. The molecule has 1 unspecified atom stereocenters. The van der Waals surface area contributed by atoms with Gasteiger partial charge in [-0.05, 0) is 56.3 Å². The SMILES string of the molecule is COC(=O)N[C@H](C(=O)N1CC2(CCC(F)(F)CC2)CC1C(=O)N[C@@H](CCC(C)(F)F)C(=O)C(=O)NC1CC1)C(C)(C)C. The Morgan fingerprint density at radius 3 is 2.07 bits per heavy atom. The van der Waals surface area contributed by atoms with Crippen LogP contribution in [0.25, 0.3) is 0 Å². The highest BCUT2D eigenvalue weighted by molar-refractivity contribution is 6.38. The summed E-state index contributed by atoms with van der Waals surface area (Å²) in [5.41, 5.74) is -1.68. The van der Waals surface area contributed by atoms with Gasteiger partial charge in [-0.3, -0.25) is 19.2 Å². The molecule has 0 aromatic carbocycles. The number of nitrogens with one attached hydrogen (secondary N) is 3. The molecule has 0 aromatic heterocycles. The van der Waals surface area contributed by atoms with Crippen molar-refractivity contribution in [2.75, 3.05) is 13.7 Å². The van der Waals surface area contributed by atoms with Crippen molar-refractivity contribution in [3.63, 3.8) is 0 Å². The van der Waals surface area contributed by atoms with Crippen LogP contribution in [0.5, 0.6) is 0 Å². The molecule has 1 heterocycles. The number of ketones is 1. The number of carbonyl (C=O) groups excluding carboxylic acids is 5. The highest BCUT2D eigenvalue weighted by Crippen LogP contribution is 2.50. The molecule has 0 radical (unpaired) electrons. The van der Waals surface area contributed by atoms with Crippen LogP contribution >= 0.6 is 0 Å². The number of carbonyl (C=O) groups is 5. The van der Waals surface area contributed by atoms with Crippen LogP contribution in [0.3, 0.4) is 0 Å². The average molecular weight is 607 g/mol. The fourth-order valence-electron chi connectivity index (χ4n) is 5.60. The predicted octanol–water partition coefficient (Wildman–Crippen LogP) is 3.32. The van der Waals surface area contributed by atoms with Gasteiger partial charge in [-0.15, -0.1) is 0 Å². The maximum absolute atomic E-state index is 14.1. The van der Waals surface area contributed by atoms with E-state index in [0.29, 0.717) is 19.8 Å². The Morgan fingerprint density at radius 2 is 1.57 bits per heavy atom. The average Bonchev–Trinajstić information content (AvgIpc) is 3.62. The number of rotatable bonds is 10. The van der Waals surface area contributed by atoms with Gasteiger partial charge in [-0.25, -0.2) is 22.4 Å². The van der Waals surface area contributed by atoms with Crippen molar-refractivity contribution in [2.45, 2.75) is 121 Å². The van der Waals surface area contributed by atoms with Crippen molar-refractivity contribution >= 4 is 29.6 Å².